The van der Waals surface area contributed by atoms with Crippen LogP contribution in [0.15, 0.2) is 29.2 Å². The maximum absolute atomic E-state index is 12.2. The first kappa shape index (κ1) is 15.9. The van der Waals surface area contributed by atoms with Gasteiger partial charge in [-0.3, -0.25) is 4.79 Å². The van der Waals surface area contributed by atoms with Crippen LogP contribution in [-0.2, 0) is 19.6 Å². The van der Waals surface area contributed by atoms with Crippen LogP contribution < -0.4 is 15.8 Å². The Morgan fingerprint density at radius 3 is 2.33 bits per heavy atom. The molecular weight excluding hydrogens is 294 g/mol. The minimum absolute atomic E-state index is 0.136. The summed E-state index contributed by atoms with van der Waals surface area (Å²) in [5.74, 6) is -0.282. The van der Waals surface area contributed by atoms with E-state index >= 15 is 0 Å². The van der Waals surface area contributed by atoms with Gasteiger partial charge in [0.15, 0.2) is 0 Å². The smallest absolute Gasteiger partial charge is 0.244 e. The first-order valence-electron chi connectivity index (χ1n) is 6.59. The number of hydrogen-bond acceptors (Lipinski definition) is 5. The Morgan fingerprint density at radius 1 is 1.24 bits per heavy atom. The number of carbonyl (C=O) groups excluding carboxylic acids is 1. The molecule has 0 atom stereocenters. The van der Waals surface area contributed by atoms with Crippen molar-refractivity contribution in [1.29, 1.82) is 0 Å². The number of sulfonamides is 1. The summed E-state index contributed by atoms with van der Waals surface area (Å²) in [5.41, 5.74) is 5.64. The molecule has 1 aliphatic rings. The molecular formula is C13H19N3O4S. The second kappa shape index (κ2) is 6.10. The molecule has 0 saturated carbocycles. The van der Waals surface area contributed by atoms with Crippen LogP contribution in [0, 0.1) is 0 Å². The summed E-state index contributed by atoms with van der Waals surface area (Å²) in [4.78, 5) is 12.3. The summed E-state index contributed by atoms with van der Waals surface area (Å²) in [7, 11) is -2.14. The molecule has 7 nitrogen and oxygen atoms in total. The average Bonchev–Trinajstić information content (AvgIpc) is 2.48. The molecule has 1 aromatic rings. The maximum Gasteiger partial charge on any atom is 0.244 e. The highest BCUT2D eigenvalue weighted by Crippen LogP contribution is 2.21. The van der Waals surface area contributed by atoms with Gasteiger partial charge in [-0.15, -0.1) is 0 Å². The highest BCUT2D eigenvalue weighted by atomic mass is 32.2. The molecule has 1 saturated heterocycles. The van der Waals surface area contributed by atoms with Crippen LogP contribution in [0.25, 0.3) is 0 Å². The number of anilines is 1. The monoisotopic (exact) mass is 313 g/mol. The van der Waals surface area contributed by atoms with E-state index in [0.29, 0.717) is 31.7 Å². The van der Waals surface area contributed by atoms with Gasteiger partial charge in [0.25, 0.3) is 0 Å². The summed E-state index contributed by atoms with van der Waals surface area (Å²) < 4.78 is 30.6. The van der Waals surface area contributed by atoms with E-state index in [1.807, 2.05) is 0 Å². The van der Waals surface area contributed by atoms with Crippen molar-refractivity contribution in [3.05, 3.63) is 24.3 Å². The molecule has 1 heterocycles. The number of nitrogens with two attached hydrogens (primary N) is 1. The molecule has 21 heavy (non-hydrogen) atoms. The number of hydrogen-bond donors (Lipinski definition) is 3. The Labute approximate surface area is 123 Å². The number of ether oxygens (including phenoxy) is 1. The molecule has 0 aromatic heterocycles. The SMILES string of the molecule is CNS(=O)(=O)c1ccc(NC(=O)C2(N)CCOCC2)cc1. The van der Waals surface area contributed by atoms with Gasteiger partial charge in [-0.2, -0.15) is 0 Å². The fourth-order valence-electron chi connectivity index (χ4n) is 2.05. The molecule has 0 spiro atoms. The molecule has 1 fully saturated rings. The number of amides is 1. The maximum atomic E-state index is 12.2. The van der Waals surface area contributed by atoms with Crippen LogP contribution in [0.2, 0.25) is 0 Å². The minimum Gasteiger partial charge on any atom is -0.381 e. The van der Waals surface area contributed by atoms with Crippen LogP contribution in [0.1, 0.15) is 12.8 Å². The van der Waals surface area contributed by atoms with Crippen molar-refractivity contribution >= 4 is 21.6 Å². The predicted molar refractivity (Wildman–Crippen MR) is 78.3 cm³/mol. The Bertz CT molecular complexity index is 607. The highest BCUT2D eigenvalue weighted by Gasteiger charge is 2.35. The van der Waals surface area contributed by atoms with Crippen LogP contribution in [0.5, 0.6) is 0 Å². The van der Waals surface area contributed by atoms with E-state index in [1.165, 1.54) is 31.3 Å². The van der Waals surface area contributed by atoms with E-state index in [0.717, 1.165) is 0 Å². The number of benzene rings is 1. The second-order valence-corrected chi connectivity index (χ2v) is 6.84. The lowest BCUT2D eigenvalue weighted by atomic mass is 9.90. The van der Waals surface area contributed by atoms with E-state index in [1.54, 1.807) is 0 Å². The minimum atomic E-state index is -3.48. The van der Waals surface area contributed by atoms with E-state index in [9.17, 15) is 13.2 Å². The molecule has 8 heteroatoms. The van der Waals surface area contributed by atoms with Crippen LogP contribution in [-0.4, -0.2) is 40.1 Å². The number of rotatable bonds is 4. The van der Waals surface area contributed by atoms with E-state index in [4.69, 9.17) is 10.5 Å². The summed E-state index contributed by atoms with van der Waals surface area (Å²) in [5, 5.41) is 2.71. The van der Waals surface area contributed by atoms with Crippen LogP contribution >= 0.6 is 0 Å². The lowest BCUT2D eigenvalue weighted by Crippen LogP contribution is -2.54. The number of carbonyl (C=O) groups is 1. The molecule has 0 radical (unpaired) electrons. The summed E-state index contributed by atoms with van der Waals surface area (Å²) in [6.07, 6.45) is 0.927. The summed E-state index contributed by atoms with van der Waals surface area (Å²) in [6, 6.07) is 5.92. The molecule has 4 N–H and O–H groups in total. The Morgan fingerprint density at radius 2 is 1.81 bits per heavy atom. The first-order valence-corrected chi connectivity index (χ1v) is 8.07. The summed E-state index contributed by atoms with van der Waals surface area (Å²) >= 11 is 0. The van der Waals surface area contributed by atoms with Crippen molar-refractivity contribution in [1.82, 2.24) is 4.72 Å². The lowest BCUT2D eigenvalue weighted by Gasteiger charge is -2.31. The van der Waals surface area contributed by atoms with Crippen molar-refractivity contribution in [2.24, 2.45) is 5.73 Å². The van der Waals surface area contributed by atoms with Crippen molar-refractivity contribution in [3.8, 4) is 0 Å². The highest BCUT2D eigenvalue weighted by molar-refractivity contribution is 7.89. The van der Waals surface area contributed by atoms with Gasteiger partial charge in [0.05, 0.1) is 4.90 Å². The van der Waals surface area contributed by atoms with Crippen LogP contribution in [0.4, 0.5) is 5.69 Å². The van der Waals surface area contributed by atoms with Crippen molar-refractivity contribution in [2.75, 3.05) is 25.6 Å². The molecule has 1 aliphatic heterocycles. The molecule has 1 aromatic carbocycles. The molecule has 0 unspecified atom stereocenters. The molecule has 0 bridgehead atoms. The van der Waals surface area contributed by atoms with Crippen molar-refractivity contribution in [3.63, 3.8) is 0 Å². The largest absolute Gasteiger partial charge is 0.381 e. The predicted octanol–water partition coefficient (Wildman–Crippen LogP) is 0.0411. The number of nitrogens with one attached hydrogen (secondary N) is 2. The second-order valence-electron chi connectivity index (χ2n) is 4.95. The molecule has 116 valence electrons. The Hall–Kier alpha value is -1.48. The molecule has 0 aliphatic carbocycles. The van der Waals surface area contributed by atoms with Gasteiger partial charge in [-0.05, 0) is 44.2 Å². The van der Waals surface area contributed by atoms with Crippen LogP contribution in [0.3, 0.4) is 0 Å². The van der Waals surface area contributed by atoms with Gasteiger partial charge in [0, 0.05) is 18.9 Å². The third kappa shape index (κ3) is 3.59. The fourth-order valence-corrected chi connectivity index (χ4v) is 2.78. The molecule has 2 rings (SSSR count). The van der Waals surface area contributed by atoms with E-state index < -0.39 is 15.6 Å². The van der Waals surface area contributed by atoms with Gasteiger partial charge in [0.1, 0.15) is 5.54 Å². The van der Waals surface area contributed by atoms with Gasteiger partial charge in [-0.1, -0.05) is 0 Å². The molecule has 1 amide bonds. The zero-order chi connectivity index (χ0) is 15.5. The van der Waals surface area contributed by atoms with Gasteiger partial charge in [-0.25, -0.2) is 13.1 Å². The van der Waals surface area contributed by atoms with Gasteiger partial charge < -0.3 is 15.8 Å². The summed E-state index contributed by atoms with van der Waals surface area (Å²) in [6.45, 7) is 0.923. The van der Waals surface area contributed by atoms with E-state index in [2.05, 4.69) is 10.0 Å². The Kier molecular flexibility index (Phi) is 4.62. The Balaban J connectivity index is 2.08. The normalized spacial score (nSPS) is 18.2. The van der Waals surface area contributed by atoms with Crippen molar-refractivity contribution in [2.45, 2.75) is 23.3 Å². The van der Waals surface area contributed by atoms with Crippen molar-refractivity contribution < 1.29 is 17.9 Å². The zero-order valence-corrected chi connectivity index (χ0v) is 12.6. The average molecular weight is 313 g/mol. The third-order valence-electron chi connectivity index (χ3n) is 3.53. The third-order valence-corrected chi connectivity index (χ3v) is 4.96. The topological polar surface area (TPSA) is 111 Å². The van der Waals surface area contributed by atoms with Gasteiger partial charge >= 0.3 is 0 Å². The standard InChI is InChI=1S/C13H19N3O4S/c1-15-21(18,19)11-4-2-10(3-5-11)16-12(17)13(14)6-8-20-9-7-13/h2-5,15H,6-9,14H2,1H3,(H,16,17). The fraction of sp³-hybridized carbons (Fsp3) is 0.462. The van der Waals surface area contributed by atoms with Gasteiger partial charge in [0.2, 0.25) is 15.9 Å². The quantitative estimate of drug-likeness (QED) is 0.727. The first-order chi connectivity index (χ1) is 9.87. The zero-order valence-electron chi connectivity index (χ0n) is 11.8. The van der Waals surface area contributed by atoms with E-state index in [-0.39, 0.29) is 10.8 Å². The lowest BCUT2D eigenvalue weighted by molar-refractivity contribution is -0.124.